The number of hydrogen-bond acceptors (Lipinski definition) is 2. The van der Waals surface area contributed by atoms with E-state index >= 15 is 0 Å². The maximum atomic E-state index is 11.2. The molecule has 0 amide bonds. The largest absolute Gasteiger partial charge is 0.478 e. The third-order valence-corrected chi connectivity index (χ3v) is 6.13. The van der Waals surface area contributed by atoms with Gasteiger partial charge in [-0.2, -0.15) is 0 Å². The van der Waals surface area contributed by atoms with Crippen molar-refractivity contribution in [2.24, 2.45) is 0 Å². The molecule has 4 nitrogen and oxygen atoms in total. The fourth-order valence-corrected chi connectivity index (χ4v) is 4.72. The lowest BCUT2D eigenvalue weighted by atomic mass is 10.00. The summed E-state index contributed by atoms with van der Waals surface area (Å²) in [6, 6.07) is 27.0. The number of aromatic carboxylic acids is 2. The molecule has 2 N–H and O–H groups in total. The Morgan fingerprint density at radius 3 is 1.78 bits per heavy atom. The van der Waals surface area contributed by atoms with Crippen LogP contribution < -0.4 is 0 Å². The Kier molecular flexibility index (Phi) is 4.83. The molecule has 4 aromatic carbocycles. The van der Waals surface area contributed by atoms with Gasteiger partial charge in [0, 0.05) is 0 Å². The first-order chi connectivity index (χ1) is 15.5. The summed E-state index contributed by atoms with van der Waals surface area (Å²) in [5.41, 5.74) is 9.50. The van der Waals surface area contributed by atoms with Crippen molar-refractivity contribution in [1.29, 1.82) is 0 Å². The molecule has 4 aromatic rings. The van der Waals surface area contributed by atoms with Crippen molar-refractivity contribution in [3.05, 3.63) is 118 Å². The molecule has 0 bridgehead atoms. The Morgan fingerprint density at radius 2 is 1.06 bits per heavy atom. The van der Waals surface area contributed by atoms with Gasteiger partial charge in [0.05, 0.1) is 11.1 Å². The molecule has 0 heterocycles. The average molecular weight is 420 g/mol. The number of hydrogen-bond donors (Lipinski definition) is 2. The third kappa shape index (κ3) is 3.26. The standard InChI is InChI=1S/2C14H10O2/c15-14(16)12-7-3-5-10-8-9-4-1-2-6-11(9)13(10)12;15-14(16)12-7-3-6-11-10-5-2-1-4-9(10)8-13(11)12/h2*1-7H,8H2,(H,15,16). The molecule has 0 aromatic heterocycles. The summed E-state index contributed by atoms with van der Waals surface area (Å²) in [4.78, 5) is 22.3. The van der Waals surface area contributed by atoms with Crippen LogP contribution in [0, 0.1) is 0 Å². The first-order valence-electron chi connectivity index (χ1n) is 10.4. The van der Waals surface area contributed by atoms with E-state index in [0.717, 1.165) is 40.7 Å². The van der Waals surface area contributed by atoms with Gasteiger partial charge >= 0.3 is 11.9 Å². The van der Waals surface area contributed by atoms with Crippen LogP contribution >= 0.6 is 0 Å². The van der Waals surface area contributed by atoms with Crippen LogP contribution in [0.5, 0.6) is 0 Å². The Balaban J connectivity index is 0.000000135. The molecule has 2 aliphatic carbocycles. The van der Waals surface area contributed by atoms with E-state index in [1.807, 2.05) is 60.7 Å². The van der Waals surface area contributed by atoms with E-state index < -0.39 is 11.9 Å². The predicted molar refractivity (Wildman–Crippen MR) is 123 cm³/mol. The Bertz CT molecular complexity index is 1380. The Morgan fingerprint density at radius 1 is 0.531 bits per heavy atom. The first-order valence-corrected chi connectivity index (χ1v) is 10.4. The van der Waals surface area contributed by atoms with Gasteiger partial charge in [0.2, 0.25) is 0 Å². The number of carbonyl (C=O) groups is 2. The minimum atomic E-state index is -0.853. The van der Waals surface area contributed by atoms with Crippen molar-refractivity contribution in [2.75, 3.05) is 0 Å². The highest BCUT2D eigenvalue weighted by atomic mass is 16.4. The molecular formula is C28H20O4. The second-order valence-corrected chi connectivity index (χ2v) is 7.95. The van der Waals surface area contributed by atoms with Gasteiger partial charge in [0.25, 0.3) is 0 Å². The summed E-state index contributed by atoms with van der Waals surface area (Å²) >= 11 is 0. The maximum absolute atomic E-state index is 11.2. The Hall–Kier alpha value is -4.18. The van der Waals surface area contributed by atoms with E-state index in [4.69, 9.17) is 5.11 Å². The number of carboxylic acids is 2. The second-order valence-electron chi connectivity index (χ2n) is 7.95. The zero-order valence-electron chi connectivity index (χ0n) is 17.2. The maximum Gasteiger partial charge on any atom is 0.336 e. The van der Waals surface area contributed by atoms with Gasteiger partial charge in [-0.1, -0.05) is 72.8 Å². The Labute approximate surface area is 185 Å². The van der Waals surface area contributed by atoms with Gasteiger partial charge in [-0.25, -0.2) is 9.59 Å². The minimum absolute atomic E-state index is 0.405. The summed E-state index contributed by atoms with van der Waals surface area (Å²) in [5, 5.41) is 18.3. The van der Waals surface area contributed by atoms with E-state index in [1.54, 1.807) is 12.1 Å². The topological polar surface area (TPSA) is 74.6 Å². The minimum Gasteiger partial charge on any atom is -0.478 e. The van der Waals surface area contributed by atoms with E-state index in [-0.39, 0.29) is 0 Å². The second kappa shape index (κ2) is 7.82. The quantitative estimate of drug-likeness (QED) is 0.365. The van der Waals surface area contributed by atoms with Crippen LogP contribution in [0.25, 0.3) is 22.3 Å². The molecule has 6 rings (SSSR count). The lowest BCUT2D eigenvalue weighted by molar-refractivity contribution is 0.0686. The van der Waals surface area contributed by atoms with Crippen molar-refractivity contribution >= 4 is 11.9 Å². The number of fused-ring (bicyclic) bond motifs is 6. The SMILES string of the molecule is O=C(O)c1cccc2c1-c1ccccc1C2.O=C(O)c1cccc2c1Cc1ccccc1-2. The van der Waals surface area contributed by atoms with Crippen molar-refractivity contribution in [2.45, 2.75) is 12.8 Å². The van der Waals surface area contributed by atoms with E-state index in [1.165, 1.54) is 16.7 Å². The van der Waals surface area contributed by atoms with Gasteiger partial charge < -0.3 is 10.2 Å². The van der Waals surface area contributed by atoms with Crippen LogP contribution in [0.1, 0.15) is 43.0 Å². The van der Waals surface area contributed by atoms with E-state index in [2.05, 4.69) is 12.1 Å². The lowest BCUT2D eigenvalue weighted by Gasteiger charge is -2.04. The number of benzene rings is 4. The fraction of sp³-hybridized carbons (Fsp3) is 0.0714. The van der Waals surface area contributed by atoms with Crippen LogP contribution in [0.15, 0.2) is 84.9 Å². The van der Waals surface area contributed by atoms with Gasteiger partial charge in [-0.05, 0) is 69.5 Å². The van der Waals surface area contributed by atoms with Crippen molar-refractivity contribution in [3.63, 3.8) is 0 Å². The van der Waals surface area contributed by atoms with E-state index in [0.29, 0.717) is 11.1 Å². The third-order valence-electron chi connectivity index (χ3n) is 6.13. The molecule has 0 fully saturated rings. The van der Waals surface area contributed by atoms with Crippen molar-refractivity contribution in [3.8, 4) is 22.3 Å². The highest BCUT2D eigenvalue weighted by Crippen LogP contribution is 2.39. The molecule has 0 spiro atoms. The van der Waals surface area contributed by atoms with Crippen molar-refractivity contribution < 1.29 is 19.8 Å². The van der Waals surface area contributed by atoms with Crippen LogP contribution in [-0.4, -0.2) is 22.2 Å². The molecule has 0 atom stereocenters. The first kappa shape index (κ1) is 19.8. The predicted octanol–water partition coefficient (Wildman–Crippen LogP) is 5.91. The molecular weight excluding hydrogens is 400 g/mol. The number of carboxylic acid groups (broad SMARTS) is 2. The van der Waals surface area contributed by atoms with Gasteiger partial charge in [0.15, 0.2) is 0 Å². The smallest absolute Gasteiger partial charge is 0.336 e. The molecule has 0 saturated carbocycles. The fourth-order valence-electron chi connectivity index (χ4n) is 4.72. The lowest BCUT2D eigenvalue weighted by Crippen LogP contribution is -2.01. The highest BCUT2D eigenvalue weighted by molar-refractivity contribution is 5.99. The average Bonchev–Trinajstić information content (AvgIpc) is 3.37. The normalized spacial score (nSPS) is 12.0. The zero-order chi connectivity index (χ0) is 22.2. The van der Waals surface area contributed by atoms with Gasteiger partial charge in [-0.3, -0.25) is 0 Å². The molecule has 0 aliphatic heterocycles. The van der Waals surface area contributed by atoms with Crippen LogP contribution in [-0.2, 0) is 12.8 Å². The summed E-state index contributed by atoms with van der Waals surface area (Å²) in [6.07, 6.45) is 1.57. The summed E-state index contributed by atoms with van der Waals surface area (Å²) in [5.74, 6) is -1.70. The highest BCUT2D eigenvalue weighted by Gasteiger charge is 2.24. The summed E-state index contributed by atoms with van der Waals surface area (Å²) < 4.78 is 0. The van der Waals surface area contributed by atoms with Crippen LogP contribution in [0.3, 0.4) is 0 Å². The van der Waals surface area contributed by atoms with Crippen LogP contribution in [0.2, 0.25) is 0 Å². The molecule has 4 heteroatoms. The van der Waals surface area contributed by atoms with Gasteiger partial charge in [0.1, 0.15) is 0 Å². The molecule has 0 saturated heterocycles. The summed E-state index contributed by atoms with van der Waals surface area (Å²) in [6.45, 7) is 0. The monoisotopic (exact) mass is 420 g/mol. The molecule has 0 unspecified atom stereocenters. The molecule has 0 radical (unpaired) electrons. The van der Waals surface area contributed by atoms with Crippen LogP contribution in [0.4, 0.5) is 0 Å². The zero-order valence-corrected chi connectivity index (χ0v) is 17.2. The van der Waals surface area contributed by atoms with E-state index in [9.17, 15) is 14.7 Å². The van der Waals surface area contributed by atoms with Crippen molar-refractivity contribution in [1.82, 2.24) is 0 Å². The molecule has 2 aliphatic rings. The van der Waals surface area contributed by atoms with Gasteiger partial charge in [-0.15, -0.1) is 0 Å². The molecule has 156 valence electrons. The number of rotatable bonds is 2. The molecule has 32 heavy (non-hydrogen) atoms. The summed E-state index contributed by atoms with van der Waals surface area (Å²) in [7, 11) is 0.